The molecule has 0 rings (SSSR count). The Kier molecular flexibility index (Phi) is 23.7. The molecule has 0 unspecified atom stereocenters. The van der Waals surface area contributed by atoms with Gasteiger partial charge in [-0.25, -0.2) is 0 Å². The molecular formula is C24H29F27O12S3. The molecule has 66 heavy (non-hydrogen) atoms. The van der Waals surface area contributed by atoms with Crippen molar-refractivity contribution in [2.75, 3.05) is 30.5 Å². The highest BCUT2D eigenvalue weighted by Gasteiger charge is 2.83. The summed E-state index contributed by atoms with van der Waals surface area (Å²) in [6.45, 7) is 1.53. The lowest BCUT2D eigenvalue weighted by atomic mass is 10.00. The minimum atomic E-state index is -7.07. The van der Waals surface area contributed by atoms with Crippen LogP contribution in [0.4, 0.5) is 119 Å². The second-order valence-corrected chi connectivity index (χ2v) is 17.3. The maximum atomic E-state index is 12.7. The van der Waals surface area contributed by atoms with E-state index in [2.05, 4.69) is 0 Å². The molecule has 0 heterocycles. The zero-order valence-electron chi connectivity index (χ0n) is 31.1. The van der Waals surface area contributed by atoms with E-state index in [1.165, 1.54) is 0 Å². The first-order valence-corrected chi connectivity index (χ1v) is 20.2. The zero-order valence-corrected chi connectivity index (χ0v) is 33.6. The van der Waals surface area contributed by atoms with Crippen molar-refractivity contribution < 1.29 is 173 Å². The summed E-state index contributed by atoms with van der Waals surface area (Å²) >= 11 is 0. The van der Waals surface area contributed by atoms with Gasteiger partial charge in [-0.05, 0) is 19.8 Å². The average molecular weight is 1120 g/mol. The van der Waals surface area contributed by atoms with E-state index in [9.17, 15) is 149 Å². The van der Waals surface area contributed by atoms with Gasteiger partial charge in [0.25, 0.3) is 30.4 Å². The van der Waals surface area contributed by atoms with Crippen molar-refractivity contribution in [3.8, 4) is 0 Å². The van der Waals surface area contributed by atoms with Crippen LogP contribution in [0.2, 0.25) is 0 Å². The van der Waals surface area contributed by atoms with Crippen LogP contribution in [0.15, 0.2) is 0 Å². The van der Waals surface area contributed by atoms with E-state index in [0.29, 0.717) is 12.8 Å². The molecule has 0 aromatic heterocycles. The number of aliphatic hydroxyl groups excluding tert-OH is 2. The number of halogens is 27. The van der Waals surface area contributed by atoms with E-state index in [0.717, 1.165) is 0 Å². The fraction of sp³-hybridized carbons (Fsp3) is 1.00. The molecular weight excluding hydrogens is 1090 g/mol. The van der Waals surface area contributed by atoms with Crippen LogP contribution in [0, 0.1) is 0 Å². The van der Waals surface area contributed by atoms with Crippen LogP contribution in [-0.2, 0) is 30.4 Å². The highest BCUT2D eigenvalue weighted by Crippen LogP contribution is 2.56. The molecule has 0 saturated heterocycles. The van der Waals surface area contributed by atoms with Crippen molar-refractivity contribution >= 4 is 30.4 Å². The Hall–Kier alpha value is -2.28. The van der Waals surface area contributed by atoms with Gasteiger partial charge in [-0.2, -0.15) is 144 Å². The van der Waals surface area contributed by atoms with Crippen molar-refractivity contribution in [2.24, 2.45) is 0 Å². The molecule has 42 heteroatoms. The molecule has 0 saturated carbocycles. The van der Waals surface area contributed by atoms with Gasteiger partial charge in [0.15, 0.2) is 0 Å². The summed E-state index contributed by atoms with van der Waals surface area (Å²) in [7, 11) is -15.7. The molecule has 0 amide bonds. The van der Waals surface area contributed by atoms with E-state index in [4.69, 9.17) is 23.9 Å². The van der Waals surface area contributed by atoms with Crippen LogP contribution in [-0.4, -0.2) is 162 Å². The van der Waals surface area contributed by atoms with Crippen LogP contribution in [0.1, 0.15) is 39.0 Å². The van der Waals surface area contributed by atoms with Crippen LogP contribution < -0.4 is 0 Å². The molecule has 0 spiro atoms. The molecule has 0 aromatic rings. The quantitative estimate of drug-likeness (QED) is 0.0541. The largest absolute Gasteiger partial charge is 0.460 e. The number of hydrogen-bond acceptors (Lipinski definition) is 9. The van der Waals surface area contributed by atoms with E-state index in [1.54, 1.807) is 6.92 Å². The minimum absolute atomic E-state index is 0.0347. The lowest BCUT2D eigenvalue weighted by Gasteiger charge is -2.33. The van der Waals surface area contributed by atoms with Crippen LogP contribution in [0.3, 0.4) is 0 Å². The summed E-state index contributed by atoms with van der Waals surface area (Å²) in [5, 5.41) is 26.0. The molecule has 404 valence electrons. The normalized spacial score (nSPS) is 15.2. The standard InChI is InChI=1S/3C6H5F9O3S.C6H14O3/c3*7-3(8,1-2-19(16,17)18)4(9,10)5(11,12)6(13,14)15;1-6(9,2-4-7)3-5-8/h3*1-2H2,(H,16,17,18);7-9H,2-5H2,1H3. The van der Waals surface area contributed by atoms with E-state index in [1.807, 2.05) is 0 Å². The van der Waals surface area contributed by atoms with Gasteiger partial charge in [0.05, 0.1) is 22.9 Å². The molecule has 0 aliphatic heterocycles. The molecule has 0 fully saturated rings. The highest BCUT2D eigenvalue weighted by molar-refractivity contribution is 7.86. The molecule has 0 aromatic carbocycles. The van der Waals surface area contributed by atoms with Crippen molar-refractivity contribution in [2.45, 2.75) is 116 Å². The first-order chi connectivity index (χ1) is 28.0. The number of hydrogen-bond donors (Lipinski definition) is 6. The molecule has 0 radical (unpaired) electrons. The topological polar surface area (TPSA) is 224 Å². The van der Waals surface area contributed by atoms with Crippen molar-refractivity contribution in [3.05, 3.63) is 0 Å². The second kappa shape index (κ2) is 22.2. The SMILES string of the molecule is CC(O)(CCO)CCO.O=S(=O)(O)CCC(F)(F)C(F)(F)C(F)(F)C(F)(F)F.O=S(=O)(O)CCC(F)(F)C(F)(F)C(F)(F)C(F)(F)F.O=S(=O)(O)CCC(F)(F)C(F)(F)C(F)(F)C(F)(F)F. The Bertz CT molecular complexity index is 1640. The van der Waals surface area contributed by atoms with Gasteiger partial charge in [0.2, 0.25) is 0 Å². The van der Waals surface area contributed by atoms with Gasteiger partial charge >= 0.3 is 71.8 Å². The summed E-state index contributed by atoms with van der Waals surface area (Å²) in [6.07, 6.45) is -28.0. The third-order valence-electron chi connectivity index (χ3n) is 6.95. The van der Waals surface area contributed by atoms with Gasteiger partial charge in [-0.1, -0.05) is 0 Å². The van der Waals surface area contributed by atoms with Crippen molar-refractivity contribution in [1.82, 2.24) is 0 Å². The van der Waals surface area contributed by atoms with Gasteiger partial charge in [0.1, 0.15) is 0 Å². The number of aliphatic hydroxyl groups is 3. The summed E-state index contributed by atoms with van der Waals surface area (Å²) < 4.78 is 413. The first kappa shape index (κ1) is 70.3. The monoisotopic (exact) mass is 1120 g/mol. The first-order valence-electron chi connectivity index (χ1n) is 15.4. The Morgan fingerprint density at radius 2 is 0.470 bits per heavy atom. The third kappa shape index (κ3) is 19.6. The van der Waals surface area contributed by atoms with Crippen molar-refractivity contribution in [1.29, 1.82) is 0 Å². The van der Waals surface area contributed by atoms with E-state index in [-0.39, 0.29) is 13.2 Å². The molecule has 0 aliphatic rings. The Morgan fingerprint density at radius 1 is 0.318 bits per heavy atom. The molecule has 12 nitrogen and oxygen atoms in total. The lowest BCUT2D eigenvalue weighted by Crippen LogP contribution is -2.61. The second-order valence-electron chi connectivity index (χ2n) is 12.6. The van der Waals surface area contributed by atoms with Crippen LogP contribution in [0.25, 0.3) is 0 Å². The van der Waals surface area contributed by atoms with Crippen LogP contribution in [0.5, 0.6) is 0 Å². The minimum Gasteiger partial charge on any atom is -0.396 e. The summed E-state index contributed by atoms with van der Waals surface area (Å²) in [5.74, 6) is -66.1. The highest BCUT2D eigenvalue weighted by atomic mass is 32.2. The molecule has 0 atom stereocenters. The third-order valence-corrected chi connectivity index (χ3v) is 9.11. The predicted molar refractivity (Wildman–Crippen MR) is 160 cm³/mol. The van der Waals surface area contributed by atoms with Crippen molar-refractivity contribution in [3.63, 3.8) is 0 Å². The number of rotatable bonds is 19. The smallest absolute Gasteiger partial charge is 0.396 e. The van der Waals surface area contributed by atoms with Gasteiger partial charge in [-0.3, -0.25) is 13.7 Å². The lowest BCUT2D eigenvalue weighted by molar-refractivity contribution is -0.396. The summed E-state index contributed by atoms with van der Waals surface area (Å²) in [5.41, 5.74) is -0.899. The van der Waals surface area contributed by atoms with Gasteiger partial charge in [0, 0.05) is 32.5 Å². The molecule has 0 bridgehead atoms. The Balaban J connectivity index is -0.000000400. The average Bonchev–Trinajstić information content (AvgIpc) is 3.03. The molecule has 6 N–H and O–H groups in total. The van der Waals surface area contributed by atoms with E-state index >= 15 is 0 Å². The predicted octanol–water partition coefficient (Wildman–Crippen LogP) is 7.70. The molecule has 0 aliphatic carbocycles. The van der Waals surface area contributed by atoms with Gasteiger partial charge in [-0.15, -0.1) is 0 Å². The fourth-order valence-corrected chi connectivity index (χ4v) is 4.62. The van der Waals surface area contributed by atoms with Crippen LogP contribution >= 0.6 is 0 Å². The van der Waals surface area contributed by atoms with Gasteiger partial charge < -0.3 is 15.3 Å². The Labute approximate surface area is 350 Å². The van der Waals surface area contributed by atoms with E-state index < -0.39 is 144 Å². The summed E-state index contributed by atoms with van der Waals surface area (Å²) in [4.78, 5) is 0. The zero-order chi connectivity index (χ0) is 55.1. The number of alkyl halides is 27. The Morgan fingerprint density at radius 3 is 0.576 bits per heavy atom. The summed E-state index contributed by atoms with van der Waals surface area (Å²) in [6, 6.07) is 0. The fourth-order valence-electron chi connectivity index (χ4n) is 3.07. The maximum Gasteiger partial charge on any atom is 0.460 e. The maximum absolute atomic E-state index is 12.7.